The van der Waals surface area contributed by atoms with Gasteiger partial charge in [0.15, 0.2) is 5.69 Å². The fourth-order valence-electron chi connectivity index (χ4n) is 6.36. The minimum Gasteiger partial charge on any atom is -0.461 e. The van der Waals surface area contributed by atoms with Gasteiger partial charge in [-0.2, -0.15) is 13.2 Å². The Bertz CT molecular complexity index is 1230. The first-order valence-corrected chi connectivity index (χ1v) is 15.2. The number of esters is 1. The van der Waals surface area contributed by atoms with Crippen LogP contribution in [0.15, 0.2) is 36.7 Å². The number of amides is 1. The number of hydrogen-bond donors (Lipinski definition) is 1. The number of carbonyl (C=O) groups is 2. The van der Waals surface area contributed by atoms with Gasteiger partial charge in [-0.1, -0.05) is 12.1 Å². The van der Waals surface area contributed by atoms with Gasteiger partial charge in [0.2, 0.25) is 0 Å². The van der Waals surface area contributed by atoms with E-state index in [1.807, 2.05) is 4.90 Å². The SMILES string of the molecule is CCOC(=O)c1cnc(CNCC2CCC(CN3CC4(CCN(Cc5ccc(C(F)(F)F)cc5)CC4)OC3=O)CC2)cn1. The molecule has 0 atom stereocenters. The smallest absolute Gasteiger partial charge is 0.416 e. The van der Waals surface area contributed by atoms with Gasteiger partial charge in [-0.3, -0.25) is 9.88 Å². The van der Waals surface area contributed by atoms with Gasteiger partial charge >= 0.3 is 18.2 Å². The number of hydrogen-bond acceptors (Lipinski definition) is 8. The fourth-order valence-corrected chi connectivity index (χ4v) is 6.36. The van der Waals surface area contributed by atoms with Crippen LogP contribution in [0.3, 0.4) is 0 Å². The van der Waals surface area contributed by atoms with Crippen LogP contribution in [0, 0.1) is 11.8 Å². The second kappa shape index (κ2) is 13.6. The Morgan fingerprint density at radius 3 is 2.40 bits per heavy atom. The van der Waals surface area contributed by atoms with Crippen molar-refractivity contribution in [2.24, 2.45) is 11.8 Å². The Balaban J connectivity index is 0.994. The van der Waals surface area contributed by atoms with Crippen molar-refractivity contribution in [3.63, 3.8) is 0 Å². The molecule has 1 spiro atoms. The van der Waals surface area contributed by atoms with E-state index in [0.717, 1.165) is 88.1 Å². The van der Waals surface area contributed by atoms with Gasteiger partial charge in [0.1, 0.15) is 5.60 Å². The first-order chi connectivity index (χ1) is 20.6. The topological polar surface area (TPSA) is 96.9 Å². The molecule has 2 aromatic rings. The molecule has 3 aliphatic rings. The van der Waals surface area contributed by atoms with Gasteiger partial charge < -0.3 is 19.7 Å². The molecule has 1 aromatic carbocycles. The number of alkyl halides is 3. The summed E-state index contributed by atoms with van der Waals surface area (Å²) in [6.45, 7) is 6.90. The minimum atomic E-state index is -4.33. The van der Waals surface area contributed by atoms with Crippen LogP contribution in [0.2, 0.25) is 0 Å². The number of nitrogens with zero attached hydrogens (tertiary/aromatic N) is 4. The quantitative estimate of drug-likeness (QED) is 0.377. The summed E-state index contributed by atoms with van der Waals surface area (Å²) in [5.41, 5.74) is 0.723. The highest BCUT2D eigenvalue weighted by Gasteiger charge is 2.47. The number of aromatic nitrogens is 2. The van der Waals surface area contributed by atoms with Crippen LogP contribution in [-0.2, 0) is 28.7 Å². The standard InChI is InChI=1S/C31H40F3N5O4/c1-2-42-28(40)27-18-36-26(17-37-27)16-35-15-22-3-5-24(6-4-22)20-39-21-30(43-29(39)41)11-13-38(14-12-30)19-23-7-9-25(10-8-23)31(32,33)34/h7-10,17-18,22,24,35H,2-6,11-16,19-21H2,1H3. The fraction of sp³-hybridized carbons (Fsp3) is 0.613. The summed E-state index contributed by atoms with van der Waals surface area (Å²) in [5.74, 6) is 0.553. The maximum Gasteiger partial charge on any atom is 0.416 e. The summed E-state index contributed by atoms with van der Waals surface area (Å²) in [6.07, 6.45) is 4.27. The van der Waals surface area contributed by atoms with Crippen molar-refractivity contribution >= 4 is 12.1 Å². The third-order valence-electron chi connectivity index (χ3n) is 8.87. The van der Waals surface area contributed by atoms with Crippen LogP contribution in [0.25, 0.3) is 0 Å². The highest BCUT2D eigenvalue weighted by molar-refractivity contribution is 5.86. The number of piperidine rings is 1. The number of ether oxygens (including phenoxy) is 2. The molecule has 43 heavy (non-hydrogen) atoms. The molecule has 2 aliphatic heterocycles. The van der Waals surface area contributed by atoms with Crippen molar-refractivity contribution in [1.29, 1.82) is 0 Å². The van der Waals surface area contributed by atoms with Gasteiger partial charge in [0.05, 0.1) is 36.8 Å². The average Bonchev–Trinajstić information content (AvgIpc) is 3.29. The van der Waals surface area contributed by atoms with Gasteiger partial charge in [-0.05, 0) is 68.7 Å². The van der Waals surface area contributed by atoms with Crippen LogP contribution in [0.5, 0.6) is 0 Å². The monoisotopic (exact) mass is 603 g/mol. The first-order valence-electron chi connectivity index (χ1n) is 15.2. The molecule has 1 aliphatic carbocycles. The van der Waals surface area contributed by atoms with Crippen LogP contribution in [0.1, 0.15) is 72.8 Å². The van der Waals surface area contributed by atoms with Crippen LogP contribution in [-0.4, -0.2) is 76.8 Å². The number of rotatable bonds is 10. The Morgan fingerprint density at radius 2 is 1.77 bits per heavy atom. The molecule has 234 valence electrons. The number of likely N-dealkylation sites (tertiary alicyclic amines) is 1. The van der Waals surface area contributed by atoms with E-state index < -0.39 is 23.3 Å². The van der Waals surface area contributed by atoms with Gasteiger partial charge in [0.25, 0.3) is 0 Å². The molecule has 0 unspecified atom stereocenters. The normalized spacial score (nSPS) is 22.5. The Morgan fingerprint density at radius 1 is 1.07 bits per heavy atom. The molecule has 0 radical (unpaired) electrons. The third kappa shape index (κ3) is 8.23. The molecule has 9 nitrogen and oxygen atoms in total. The number of nitrogens with one attached hydrogen (secondary N) is 1. The maximum absolute atomic E-state index is 12.8. The van der Waals surface area contributed by atoms with Crippen molar-refractivity contribution in [2.75, 3.05) is 39.3 Å². The molecule has 0 bridgehead atoms. The molecule has 1 N–H and O–H groups in total. The molecule has 3 heterocycles. The predicted molar refractivity (Wildman–Crippen MR) is 152 cm³/mol. The highest BCUT2D eigenvalue weighted by atomic mass is 19.4. The van der Waals surface area contributed by atoms with E-state index in [2.05, 4.69) is 20.2 Å². The largest absolute Gasteiger partial charge is 0.461 e. The van der Waals surface area contributed by atoms with E-state index >= 15 is 0 Å². The molecule has 2 saturated heterocycles. The summed E-state index contributed by atoms with van der Waals surface area (Å²) in [5, 5.41) is 3.45. The van der Waals surface area contributed by atoms with Crippen molar-refractivity contribution in [3.05, 3.63) is 59.2 Å². The minimum absolute atomic E-state index is 0.207. The third-order valence-corrected chi connectivity index (χ3v) is 8.87. The second-order valence-corrected chi connectivity index (χ2v) is 12.0. The van der Waals surface area contributed by atoms with Crippen molar-refractivity contribution in [2.45, 2.75) is 70.3 Å². The summed E-state index contributed by atoms with van der Waals surface area (Å²) >= 11 is 0. The zero-order valence-electron chi connectivity index (χ0n) is 24.6. The zero-order valence-corrected chi connectivity index (χ0v) is 24.6. The maximum atomic E-state index is 12.8. The van der Waals surface area contributed by atoms with Crippen LogP contribution >= 0.6 is 0 Å². The van der Waals surface area contributed by atoms with E-state index in [0.29, 0.717) is 38.1 Å². The molecule has 1 aromatic heterocycles. The van der Waals surface area contributed by atoms with Crippen LogP contribution in [0.4, 0.5) is 18.0 Å². The summed E-state index contributed by atoms with van der Waals surface area (Å²) < 4.78 is 49.4. The molecular formula is C31H40F3N5O4. The van der Waals surface area contributed by atoms with Crippen molar-refractivity contribution in [1.82, 2.24) is 25.1 Å². The molecule has 5 rings (SSSR count). The van der Waals surface area contributed by atoms with Gasteiger partial charge in [0, 0.05) is 45.6 Å². The Kier molecular flexibility index (Phi) is 9.85. The highest BCUT2D eigenvalue weighted by Crippen LogP contribution is 2.36. The van der Waals surface area contributed by atoms with E-state index in [1.165, 1.54) is 18.3 Å². The molecular weight excluding hydrogens is 563 g/mol. The zero-order chi connectivity index (χ0) is 30.5. The van der Waals surface area contributed by atoms with Crippen molar-refractivity contribution in [3.8, 4) is 0 Å². The van der Waals surface area contributed by atoms with Crippen molar-refractivity contribution < 1.29 is 32.2 Å². The van der Waals surface area contributed by atoms with Gasteiger partial charge in [-0.15, -0.1) is 0 Å². The molecule has 1 amide bonds. The summed E-state index contributed by atoms with van der Waals surface area (Å²) in [4.78, 5) is 37.0. The predicted octanol–water partition coefficient (Wildman–Crippen LogP) is 5.06. The lowest BCUT2D eigenvalue weighted by molar-refractivity contribution is -0.137. The van der Waals surface area contributed by atoms with Crippen LogP contribution < -0.4 is 5.32 Å². The molecule has 12 heteroatoms. The second-order valence-electron chi connectivity index (χ2n) is 12.0. The van der Waals surface area contributed by atoms with Gasteiger partial charge in [-0.25, -0.2) is 14.6 Å². The first kappa shape index (κ1) is 31.2. The Labute approximate surface area is 250 Å². The summed E-state index contributed by atoms with van der Waals surface area (Å²) in [7, 11) is 0. The van der Waals surface area contributed by atoms with E-state index in [9.17, 15) is 22.8 Å². The average molecular weight is 604 g/mol. The summed E-state index contributed by atoms with van der Waals surface area (Å²) in [6, 6.07) is 5.34. The lowest BCUT2D eigenvalue weighted by atomic mass is 9.81. The number of benzene rings is 1. The molecule has 1 saturated carbocycles. The van der Waals surface area contributed by atoms with E-state index in [1.54, 1.807) is 13.1 Å². The molecule has 3 fully saturated rings. The Hall–Kier alpha value is -3.25. The lowest BCUT2D eigenvalue weighted by Gasteiger charge is -2.37. The lowest BCUT2D eigenvalue weighted by Crippen LogP contribution is -2.46. The number of carbonyl (C=O) groups excluding carboxylic acids is 2. The number of halogens is 3. The van der Waals surface area contributed by atoms with E-state index in [-0.39, 0.29) is 11.8 Å². The van der Waals surface area contributed by atoms with E-state index in [4.69, 9.17) is 9.47 Å².